The molecule has 9 heteroatoms. The normalized spacial score (nSPS) is 22.3. The first-order chi connectivity index (χ1) is 16.1. The molecule has 4 rings (SSSR count). The zero-order valence-electron chi connectivity index (χ0n) is 19.9. The van der Waals surface area contributed by atoms with Gasteiger partial charge in [-0.3, -0.25) is 9.10 Å². The van der Waals surface area contributed by atoms with Gasteiger partial charge in [-0.25, -0.2) is 8.42 Å². The van der Waals surface area contributed by atoms with Gasteiger partial charge in [-0.05, 0) is 68.2 Å². The molecule has 0 unspecified atom stereocenters. The van der Waals surface area contributed by atoms with E-state index in [0.29, 0.717) is 28.9 Å². The summed E-state index contributed by atoms with van der Waals surface area (Å²) in [4.78, 5) is 13.0. The molecule has 2 fully saturated rings. The molecule has 1 N–H and O–H groups in total. The number of hydrogen-bond acceptors (Lipinski definition) is 5. The Balaban J connectivity index is 1.55. The molecule has 0 aliphatic heterocycles. The third kappa shape index (κ3) is 4.58. The first kappa shape index (κ1) is 24.7. The molecule has 34 heavy (non-hydrogen) atoms. The molecule has 2 aromatic carbocycles. The van der Waals surface area contributed by atoms with Gasteiger partial charge in [-0.15, -0.1) is 0 Å². The lowest BCUT2D eigenvalue weighted by atomic mass is 9.84. The molecule has 2 bridgehead atoms. The van der Waals surface area contributed by atoms with E-state index in [9.17, 15) is 13.2 Å². The zero-order chi connectivity index (χ0) is 24.6. The number of halogens is 1. The lowest BCUT2D eigenvalue weighted by molar-refractivity contribution is 0.0915. The van der Waals surface area contributed by atoms with Gasteiger partial charge in [0.15, 0.2) is 0 Å². The Kier molecular flexibility index (Phi) is 7.01. The number of ether oxygens (including phenoxy) is 2. The highest BCUT2D eigenvalue weighted by Crippen LogP contribution is 2.49. The third-order valence-electron chi connectivity index (χ3n) is 7.34. The van der Waals surface area contributed by atoms with Crippen molar-refractivity contribution in [2.24, 2.45) is 17.8 Å². The van der Waals surface area contributed by atoms with Crippen LogP contribution in [0.15, 0.2) is 41.3 Å². The lowest BCUT2D eigenvalue weighted by Gasteiger charge is -2.28. The average molecular weight is 507 g/mol. The maximum absolute atomic E-state index is 13.4. The standard InChI is InChI=1S/C25H31ClN2O5S/c1-15(20-11-16-8-9-17(20)10-16)27-25(29)18-6-5-7-19(12-18)34(30,31)28(2)22-13-21(26)23(32-3)14-24(22)33-4/h5-7,12-17,20H,8-11H2,1-4H3,(H,27,29)/t15-,16-,17-,20-/m0/s1. The van der Waals surface area contributed by atoms with Crippen molar-refractivity contribution in [3.8, 4) is 11.5 Å². The van der Waals surface area contributed by atoms with Gasteiger partial charge in [0.25, 0.3) is 15.9 Å². The van der Waals surface area contributed by atoms with E-state index >= 15 is 0 Å². The smallest absolute Gasteiger partial charge is 0.264 e. The summed E-state index contributed by atoms with van der Waals surface area (Å²) in [5.74, 6) is 2.37. The fourth-order valence-corrected chi connectivity index (χ4v) is 6.96. The molecule has 0 saturated heterocycles. The fourth-order valence-electron chi connectivity index (χ4n) is 5.48. The molecule has 1 amide bonds. The summed E-state index contributed by atoms with van der Waals surface area (Å²) in [6, 6.07) is 9.15. The SMILES string of the molecule is COc1cc(OC)c(N(C)S(=O)(=O)c2cccc(C(=O)N[C@@H](C)[C@@H]3C[C@H]4CC[C@H]3C4)c2)cc1Cl. The number of benzene rings is 2. The van der Waals surface area contributed by atoms with Crippen LogP contribution in [0.2, 0.25) is 5.02 Å². The maximum atomic E-state index is 13.4. The van der Waals surface area contributed by atoms with Gasteiger partial charge in [0.2, 0.25) is 0 Å². The van der Waals surface area contributed by atoms with Crippen LogP contribution in [0.4, 0.5) is 5.69 Å². The highest BCUT2D eigenvalue weighted by Gasteiger charge is 2.42. The van der Waals surface area contributed by atoms with Crippen molar-refractivity contribution >= 4 is 33.2 Å². The Morgan fingerprint density at radius 1 is 1.12 bits per heavy atom. The maximum Gasteiger partial charge on any atom is 0.264 e. The summed E-state index contributed by atoms with van der Waals surface area (Å²) in [6.45, 7) is 2.05. The minimum Gasteiger partial charge on any atom is -0.495 e. The predicted octanol–water partition coefficient (Wildman–Crippen LogP) is 4.74. The number of hydrogen-bond donors (Lipinski definition) is 1. The van der Waals surface area contributed by atoms with E-state index in [1.54, 1.807) is 12.1 Å². The van der Waals surface area contributed by atoms with Gasteiger partial charge >= 0.3 is 0 Å². The number of carbonyl (C=O) groups excluding carboxylic acids is 1. The van der Waals surface area contributed by atoms with Crippen LogP contribution in [0, 0.1) is 17.8 Å². The van der Waals surface area contributed by atoms with Crippen LogP contribution in [-0.4, -0.2) is 41.6 Å². The lowest BCUT2D eigenvalue weighted by Crippen LogP contribution is -2.40. The molecule has 0 radical (unpaired) electrons. The van der Waals surface area contributed by atoms with Gasteiger partial charge < -0.3 is 14.8 Å². The molecule has 2 aliphatic rings. The number of sulfonamides is 1. The number of nitrogens with zero attached hydrogens (tertiary/aromatic N) is 1. The fraction of sp³-hybridized carbons (Fsp3) is 0.480. The monoisotopic (exact) mass is 506 g/mol. The topological polar surface area (TPSA) is 84.9 Å². The molecule has 0 spiro atoms. The van der Waals surface area contributed by atoms with Crippen LogP contribution in [0.25, 0.3) is 0 Å². The minimum absolute atomic E-state index is 0.00391. The summed E-state index contributed by atoms with van der Waals surface area (Å²) >= 11 is 6.24. The van der Waals surface area contributed by atoms with E-state index in [4.69, 9.17) is 21.1 Å². The average Bonchev–Trinajstić information content (AvgIpc) is 3.47. The summed E-state index contributed by atoms with van der Waals surface area (Å²) in [5.41, 5.74) is 0.567. The number of rotatable bonds is 8. The quantitative estimate of drug-likeness (QED) is 0.559. The Labute approximate surface area is 206 Å². The highest BCUT2D eigenvalue weighted by atomic mass is 35.5. The second-order valence-electron chi connectivity index (χ2n) is 9.26. The number of amides is 1. The number of fused-ring (bicyclic) bond motifs is 2. The predicted molar refractivity (Wildman–Crippen MR) is 132 cm³/mol. The van der Waals surface area contributed by atoms with Crippen LogP contribution < -0.4 is 19.1 Å². The van der Waals surface area contributed by atoms with E-state index in [-0.39, 0.29) is 27.6 Å². The van der Waals surface area contributed by atoms with Gasteiger partial charge in [0, 0.05) is 24.7 Å². The first-order valence-corrected chi connectivity index (χ1v) is 13.3. The molecular formula is C25H31ClN2O5S. The van der Waals surface area contributed by atoms with E-state index in [1.807, 2.05) is 0 Å². The van der Waals surface area contributed by atoms with Gasteiger partial charge in [0.05, 0.1) is 29.8 Å². The first-order valence-electron chi connectivity index (χ1n) is 11.5. The molecular weight excluding hydrogens is 476 g/mol. The highest BCUT2D eigenvalue weighted by molar-refractivity contribution is 7.92. The Hall–Kier alpha value is -2.45. The summed E-state index contributed by atoms with van der Waals surface area (Å²) in [7, 11) is 0.330. The summed E-state index contributed by atoms with van der Waals surface area (Å²) in [5, 5.41) is 3.36. The Morgan fingerprint density at radius 2 is 1.85 bits per heavy atom. The third-order valence-corrected chi connectivity index (χ3v) is 9.40. The van der Waals surface area contributed by atoms with Crippen molar-refractivity contribution in [3.63, 3.8) is 0 Å². The van der Waals surface area contributed by atoms with Crippen LogP contribution >= 0.6 is 11.6 Å². The Bertz CT molecular complexity index is 1190. The van der Waals surface area contributed by atoms with Crippen molar-refractivity contribution in [1.29, 1.82) is 0 Å². The molecule has 0 aromatic heterocycles. The number of carbonyl (C=O) groups is 1. The van der Waals surface area contributed by atoms with E-state index in [1.165, 1.54) is 64.8 Å². The number of anilines is 1. The molecule has 2 aliphatic carbocycles. The summed E-state index contributed by atoms with van der Waals surface area (Å²) < 4.78 is 38.5. The van der Waals surface area contributed by atoms with Crippen LogP contribution in [-0.2, 0) is 10.0 Å². The van der Waals surface area contributed by atoms with E-state index in [2.05, 4.69) is 12.2 Å². The van der Waals surface area contributed by atoms with Gasteiger partial charge in [0.1, 0.15) is 11.5 Å². The number of methoxy groups -OCH3 is 2. The summed E-state index contributed by atoms with van der Waals surface area (Å²) in [6.07, 6.45) is 4.98. The molecule has 2 aromatic rings. The van der Waals surface area contributed by atoms with E-state index < -0.39 is 10.0 Å². The van der Waals surface area contributed by atoms with Crippen molar-refractivity contribution in [2.75, 3.05) is 25.6 Å². The second-order valence-corrected chi connectivity index (χ2v) is 11.6. The zero-order valence-corrected chi connectivity index (χ0v) is 21.4. The second kappa shape index (κ2) is 9.66. The van der Waals surface area contributed by atoms with Crippen LogP contribution in [0.3, 0.4) is 0 Å². The van der Waals surface area contributed by atoms with Crippen LogP contribution in [0.1, 0.15) is 43.0 Å². The van der Waals surface area contributed by atoms with Gasteiger partial charge in [-0.1, -0.05) is 24.1 Å². The van der Waals surface area contributed by atoms with Crippen molar-refractivity contribution in [3.05, 3.63) is 47.0 Å². The molecule has 2 saturated carbocycles. The van der Waals surface area contributed by atoms with Crippen LogP contribution in [0.5, 0.6) is 11.5 Å². The molecule has 184 valence electrons. The van der Waals surface area contributed by atoms with Crippen molar-refractivity contribution < 1.29 is 22.7 Å². The van der Waals surface area contributed by atoms with Gasteiger partial charge in [-0.2, -0.15) is 0 Å². The largest absolute Gasteiger partial charge is 0.495 e. The number of nitrogens with one attached hydrogen (secondary N) is 1. The molecule has 4 atom stereocenters. The molecule has 0 heterocycles. The minimum atomic E-state index is -3.99. The Morgan fingerprint density at radius 3 is 2.47 bits per heavy atom. The van der Waals surface area contributed by atoms with Crippen molar-refractivity contribution in [1.82, 2.24) is 5.32 Å². The van der Waals surface area contributed by atoms with Crippen molar-refractivity contribution in [2.45, 2.75) is 43.5 Å². The molecule has 7 nitrogen and oxygen atoms in total. The van der Waals surface area contributed by atoms with E-state index in [0.717, 1.165) is 16.6 Å².